The van der Waals surface area contributed by atoms with Crippen LogP contribution in [0.15, 0.2) is 18.3 Å². The van der Waals surface area contributed by atoms with Crippen LogP contribution in [0.3, 0.4) is 0 Å². The zero-order valence-corrected chi connectivity index (χ0v) is 21.9. The van der Waals surface area contributed by atoms with Crippen molar-refractivity contribution in [1.29, 1.82) is 5.26 Å². The lowest BCUT2D eigenvalue weighted by Gasteiger charge is -2.30. The minimum absolute atomic E-state index is 0.0313. The average Bonchev–Trinajstić information content (AvgIpc) is 3.24. The maximum Gasteiger partial charge on any atom is 0.224 e. The van der Waals surface area contributed by atoms with Crippen molar-refractivity contribution in [3.8, 4) is 6.07 Å². The van der Waals surface area contributed by atoms with Crippen LogP contribution in [0.25, 0.3) is 11.2 Å². The number of primary amides is 1. The number of hydrogen-bond acceptors (Lipinski definition) is 8. The number of carbonyl (C=O) groups is 1. The number of nitrogens with zero attached hydrogens (tertiary/aromatic N) is 5. The molecule has 1 aliphatic carbocycles. The summed E-state index contributed by atoms with van der Waals surface area (Å²) in [6.07, 6.45) is 5.44. The third-order valence-corrected chi connectivity index (χ3v) is 7.86. The van der Waals surface area contributed by atoms with Crippen LogP contribution in [0.1, 0.15) is 50.6 Å². The number of aromatic nitrogens is 4. The molecule has 37 heavy (non-hydrogen) atoms. The Morgan fingerprint density at radius 3 is 2.57 bits per heavy atom. The van der Waals surface area contributed by atoms with E-state index in [4.69, 9.17) is 43.6 Å². The molecule has 4 N–H and O–H groups in total. The van der Waals surface area contributed by atoms with E-state index in [1.54, 1.807) is 18.3 Å². The van der Waals surface area contributed by atoms with E-state index >= 15 is 0 Å². The molecule has 194 valence electrons. The summed E-state index contributed by atoms with van der Waals surface area (Å²) in [6, 6.07) is 5.40. The van der Waals surface area contributed by atoms with E-state index in [1.165, 1.54) is 0 Å². The van der Waals surface area contributed by atoms with Crippen molar-refractivity contribution in [1.82, 2.24) is 19.5 Å². The molecule has 1 saturated heterocycles. The van der Waals surface area contributed by atoms with E-state index in [2.05, 4.69) is 28.6 Å². The Morgan fingerprint density at radius 2 is 1.92 bits per heavy atom. The highest BCUT2D eigenvalue weighted by atomic mass is 35.5. The molecule has 2 aromatic heterocycles. The molecule has 5 rings (SSSR count). The molecule has 1 saturated carbocycles. The number of nitrogens with one attached hydrogen (secondary N) is 2. The average molecular weight is 543 g/mol. The van der Waals surface area contributed by atoms with Gasteiger partial charge < -0.3 is 21.1 Å². The molecule has 10 nitrogen and oxygen atoms in total. The number of benzene rings is 1. The van der Waals surface area contributed by atoms with Crippen LogP contribution in [0.2, 0.25) is 10.0 Å². The Bertz CT molecular complexity index is 1340. The van der Waals surface area contributed by atoms with Crippen LogP contribution in [0.5, 0.6) is 0 Å². The summed E-state index contributed by atoms with van der Waals surface area (Å²) in [6.45, 7) is 3.54. The molecule has 3 heterocycles. The number of fused-ring (bicyclic) bond motifs is 1. The fourth-order valence-electron chi connectivity index (χ4n) is 5.14. The number of imidazole rings is 1. The molecule has 1 amide bonds. The zero-order valence-electron chi connectivity index (χ0n) is 20.4. The van der Waals surface area contributed by atoms with Gasteiger partial charge >= 0.3 is 0 Å². The monoisotopic (exact) mass is 542 g/mol. The summed E-state index contributed by atoms with van der Waals surface area (Å²) >= 11 is 12.9. The van der Waals surface area contributed by atoms with Gasteiger partial charge in [-0.25, -0.2) is 9.97 Å². The number of halogens is 2. The summed E-state index contributed by atoms with van der Waals surface area (Å²) in [5.41, 5.74) is 7.67. The number of amides is 1. The molecule has 0 unspecified atom stereocenters. The zero-order chi connectivity index (χ0) is 26.1. The Kier molecular flexibility index (Phi) is 7.38. The van der Waals surface area contributed by atoms with Crippen molar-refractivity contribution in [3.63, 3.8) is 0 Å². The van der Waals surface area contributed by atoms with E-state index in [0.29, 0.717) is 76.3 Å². The summed E-state index contributed by atoms with van der Waals surface area (Å²) in [5.74, 6) is 0.977. The molecular formula is C25H28Cl2N8O2. The maximum absolute atomic E-state index is 11.8. The number of ether oxygens (including phenoxy) is 1. The van der Waals surface area contributed by atoms with Gasteiger partial charge in [0.25, 0.3) is 0 Å². The van der Waals surface area contributed by atoms with Gasteiger partial charge in [-0.15, -0.1) is 0 Å². The van der Waals surface area contributed by atoms with Crippen molar-refractivity contribution >= 4 is 57.9 Å². The molecule has 2 fully saturated rings. The molecule has 1 aromatic carbocycles. The van der Waals surface area contributed by atoms with Crippen LogP contribution in [0.4, 0.5) is 17.6 Å². The summed E-state index contributed by atoms with van der Waals surface area (Å²) in [7, 11) is 0. The molecule has 0 spiro atoms. The van der Waals surface area contributed by atoms with Gasteiger partial charge in [0, 0.05) is 24.6 Å². The largest absolute Gasteiger partial charge is 0.381 e. The van der Waals surface area contributed by atoms with Gasteiger partial charge in [-0.3, -0.25) is 9.36 Å². The van der Waals surface area contributed by atoms with Gasteiger partial charge in [-0.2, -0.15) is 10.2 Å². The first kappa shape index (κ1) is 25.5. The van der Waals surface area contributed by atoms with E-state index in [-0.39, 0.29) is 23.9 Å². The summed E-state index contributed by atoms with van der Waals surface area (Å²) in [4.78, 5) is 25.9. The molecular weight excluding hydrogens is 515 g/mol. The van der Waals surface area contributed by atoms with Crippen LogP contribution < -0.4 is 16.4 Å². The maximum atomic E-state index is 11.8. The molecule has 0 bridgehead atoms. The van der Waals surface area contributed by atoms with Gasteiger partial charge in [-0.1, -0.05) is 30.1 Å². The van der Waals surface area contributed by atoms with Crippen LogP contribution in [-0.2, 0) is 9.53 Å². The van der Waals surface area contributed by atoms with Crippen LogP contribution in [-0.4, -0.2) is 44.7 Å². The van der Waals surface area contributed by atoms with E-state index in [1.807, 2.05) is 4.57 Å². The lowest BCUT2D eigenvalue weighted by Crippen LogP contribution is -2.36. The minimum Gasteiger partial charge on any atom is -0.381 e. The Labute approximate surface area is 224 Å². The Morgan fingerprint density at radius 1 is 1.19 bits per heavy atom. The first-order valence-corrected chi connectivity index (χ1v) is 13.1. The predicted octanol–water partition coefficient (Wildman–Crippen LogP) is 4.80. The molecule has 2 aliphatic rings. The molecule has 3 aromatic rings. The molecule has 12 heteroatoms. The number of nitriles is 1. The van der Waals surface area contributed by atoms with Gasteiger partial charge in [0.05, 0.1) is 40.2 Å². The van der Waals surface area contributed by atoms with Crippen LogP contribution in [0, 0.1) is 23.2 Å². The Balaban J connectivity index is 1.53. The summed E-state index contributed by atoms with van der Waals surface area (Å²) < 4.78 is 7.60. The van der Waals surface area contributed by atoms with Crippen molar-refractivity contribution in [2.75, 3.05) is 23.8 Å². The third-order valence-electron chi connectivity index (χ3n) is 7.26. The topological polar surface area (TPSA) is 144 Å². The highest BCUT2D eigenvalue weighted by Gasteiger charge is 2.30. The molecule has 2 atom stereocenters. The standard InChI is InChI=1S/C25H28Cl2N8O2/c1-13-12-37-7-6-19(13)31-24-30-11-20-23(34-24)35(16-4-2-15(3-5-16)22(29)36)25(32-20)33-21-17(26)8-14(10-28)9-18(21)27/h8-9,11,13,15-16,19H,2-7,12H2,1H3,(H2,29,36)(H,32,33)(H,30,31,34)/t13-,15?,16?,19+/m1/s1. The fraction of sp³-hybridized carbons (Fsp3) is 0.480. The van der Waals surface area contributed by atoms with Gasteiger partial charge in [0.15, 0.2) is 5.65 Å². The quantitative estimate of drug-likeness (QED) is 0.402. The van der Waals surface area contributed by atoms with Crippen molar-refractivity contribution in [2.45, 2.75) is 51.1 Å². The summed E-state index contributed by atoms with van der Waals surface area (Å²) in [5, 5.41) is 16.6. The van der Waals surface area contributed by atoms with Crippen molar-refractivity contribution < 1.29 is 9.53 Å². The van der Waals surface area contributed by atoms with Gasteiger partial charge in [0.2, 0.25) is 17.8 Å². The normalized spacial score (nSPS) is 23.9. The number of hydrogen-bond donors (Lipinski definition) is 3. The van der Waals surface area contributed by atoms with Crippen LogP contribution >= 0.6 is 23.2 Å². The lowest BCUT2D eigenvalue weighted by molar-refractivity contribution is -0.122. The molecule has 1 aliphatic heterocycles. The van der Waals surface area contributed by atoms with E-state index in [9.17, 15) is 10.1 Å². The molecule has 0 radical (unpaired) electrons. The van der Waals surface area contributed by atoms with Gasteiger partial charge in [0.1, 0.15) is 5.52 Å². The van der Waals surface area contributed by atoms with Gasteiger partial charge in [-0.05, 0) is 50.2 Å². The number of nitrogens with two attached hydrogens (primary N) is 1. The SMILES string of the molecule is C[C@@H]1COCC[C@@H]1Nc1ncc2nc(Nc3c(Cl)cc(C#N)cc3Cl)n(C3CCC(C(N)=O)CC3)c2n1. The van der Waals surface area contributed by atoms with Crippen molar-refractivity contribution in [2.24, 2.45) is 17.6 Å². The number of anilines is 3. The number of rotatable bonds is 6. The van der Waals surface area contributed by atoms with E-state index in [0.717, 1.165) is 19.3 Å². The first-order valence-electron chi connectivity index (χ1n) is 12.4. The highest BCUT2D eigenvalue weighted by molar-refractivity contribution is 6.39. The minimum atomic E-state index is -0.261. The second-order valence-electron chi connectivity index (χ2n) is 9.76. The second kappa shape index (κ2) is 10.7. The lowest BCUT2D eigenvalue weighted by atomic mass is 9.85. The smallest absolute Gasteiger partial charge is 0.224 e. The highest BCUT2D eigenvalue weighted by Crippen LogP contribution is 2.39. The fourth-order valence-corrected chi connectivity index (χ4v) is 5.72. The predicted molar refractivity (Wildman–Crippen MR) is 142 cm³/mol. The second-order valence-corrected chi connectivity index (χ2v) is 10.6. The van der Waals surface area contributed by atoms with E-state index < -0.39 is 0 Å². The third kappa shape index (κ3) is 5.30. The Hall–Kier alpha value is -3.13. The first-order chi connectivity index (χ1) is 17.8. The van der Waals surface area contributed by atoms with Crippen molar-refractivity contribution in [3.05, 3.63) is 33.9 Å². The number of carbonyl (C=O) groups excluding carboxylic acids is 1.